The topological polar surface area (TPSA) is 87.7 Å². The number of carbonyl (C=O) groups excluding carboxylic acids is 1. The number of fused-ring (bicyclic) bond motifs is 3. The average Bonchev–Trinajstić information content (AvgIpc) is 3.19. The average molecular weight is 510 g/mol. The Kier molecular flexibility index (Phi) is 6.79. The van der Waals surface area contributed by atoms with Crippen molar-refractivity contribution >= 4 is 22.0 Å². The summed E-state index contributed by atoms with van der Waals surface area (Å²) in [5.74, 6) is -0.106. The SMILES string of the molecule is Cc1c(CN2CCNCC2)cc(S(=O)(=O)F)cc1NC(=O)OCC1c2ccccc2-c2ccccc21. The van der Waals surface area contributed by atoms with Crippen molar-refractivity contribution in [2.75, 3.05) is 38.1 Å². The number of hydrogen-bond donors (Lipinski definition) is 2. The van der Waals surface area contributed by atoms with Crippen molar-refractivity contribution in [3.05, 3.63) is 82.9 Å². The number of halogens is 1. The lowest BCUT2D eigenvalue weighted by Crippen LogP contribution is -2.43. The van der Waals surface area contributed by atoms with Crippen LogP contribution in [0, 0.1) is 6.92 Å². The summed E-state index contributed by atoms with van der Waals surface area (Å²) >= 11 is 0. The normalized spacial score (nSPS) is 15.8. The number of nitrogens with one attached hydrogen (secondary N) is 2. The van der Waals surface area contributed by atoms with Gasteiger partial charge in [0, 0.05) is 44.3 Å². The summed E-state index contributed by atoms with van der Waals surface area (Å²) in [5, 5.41) is 5.92. The Morgan fingerprint density at radius 1 is 1.06 bits per heavy atom. The standard InChI is InChI=1S/C27H28FN3O4S/c1-18-19(16-31-12-10-29-11-13-31)14-20(36(28,33)34)15-26(18)30-27(32)35-17-25-23-8-4-2-6-21(23)22-7-3-5-9-24(22)25/h2-9,14-15,25,29H,10-13,16-17H2,1H3,(H,30,32). The van der Waals surface area contributed by atoms with Crippen molar-refractivity contribution < 1.29 is 21.8 Å². The number of benzene rings is 3. The second-order valence-corrected chi connectivity index (χ2v) is 10.5. The first-order chi connectivity index (χ1) is 17.3. The van der Waals surface area contributed by atoms with Crippen molar-refractivity contribution in [2.45, 2.75) is 24.3 Å². The maximum atomic E-state index is 14.0. The maximum absolute atomic E-state index is 14.0. The minimum atomic E-state index is -4.96. The lowest BCUT2D eigenvalue weighted by Gasteiger charge is -2.28. The van der Waals surface area contributed by atoms with E-state index in [0.29, 0.717) is 17.7 Å². The summed E-state index contributed by atoms with van der Waals surface area (Å²) in [6, 6.07) is 18.6. The highest BCUT2D eigenvalue weighted by Crippen LogP contribution is 2.44. The van der Waals surface area contributed by atoms with E-state index in [1.807, 2.05) is 36.4 Å². The lowest BCUT2D eigenvalue weighted by molar-refractivity contribution is 0.158. The monoisotopic (exact) mass is 509 g/mol. The maximum Gasteiger partial charge on any atom is 0.411 e. The van der Waals surface area contributed by atoms with Gasteiger partial charge in [0.05, 0.1) is 0 Å². The van der Waals surface area contributed by atoms with Gasteiger partial charge in [-0.05, 0) is 52.4 Å². The number of nitrogens with zero attached hydrogens (tertiary/aromatic N) is 1. The van der Waals surface area contributed by atoms with Gasteiger partial charge in [0.15, 0.2) is 0 Å². The quantitative estimate of drug-likeness (QED) is 0.479. The third-order valence-electron chi connectivity index (χ3n) is 6.95. The van der Waals surface area contributed by atoms with Crippen molar-refractivity contribution in [3.8, 4) is 11.1 Å². The Balaban J connectivity index is 1.35. The molecule has 3 aromatic carbocycles. The molecule has 1 heterocycles. The number of hydrogen-bond acceptors (Lipinski definition) is 6. The number of amides is 1. The second-order valence-electron chi connectivity index (χ2n) is 9.17. The molecule has 1 aliphatic carbocycles. The van der Waals surface area contributed by atoms with Crippen LogP contribution in [0.4, 0.5) is 14.4 Å². The van der Waals surface area contributed by atoms with Crippen LogP contribution in [0.2, 0.25) is 0 Å². The van der Waals surface area contributed by atoms with E-state index >= 15 is 0 Å². The number of rotatable bonds is 6. The van der Waals surface area contributed by atoms with Gasteiger partial charge in [-0.3, -0.25) is 10.2 Å². The molecule has 2 N–H and O–H groups in total. The molecular weight excluding hydrogens is 481 g/mol. The molecule has 0 aromatic heterocycles. The Hall–Kier alpha value is -3.27. The smallest absolute Gasteiger partial charge is 0.411 e. The van der Waals surface area contributed by atoms with Gasteiger partial charge < -0.3 is 10.1 Å². The van der Waals surface area contributed by atoms with Crippen LogP contribution >= 0.6 is 0 Å². The Morgan fingerprint density at radius 2 is 1.67 bits per heavy atom. The minimum absolute atomic E-state index is 0.106. The van der Waals surface area contributed by atoms with Crippen molar-refractivity contribution in [1.82, 2.24) is 10.2 Å². The molecule has 1 fully saturated rings. The molecule has 0 bridgehead atoms. The van der Waals surface area contributed by atoms with Crippen LogP contribution in [0.1, 0.15) is 28.2 Å². The van der Waals surface area contributed by atoms with Gasteiger partial charge >= 0.3 is 16.3 Å². The fourth-order valence-electron chi connectivity index (χ4n) is 5.03. The van der Waals surface area contributed by atoms with E-state index < -0.39 is 21.2 Å². The lowest BCUT2D eigenvalue weighted by atomic mass is 9.98. The van der Waals surface area contributed by atoms with Crippen LogP contribution in [0.15, 0.2) is 65.6 Å². The van der Waals surface area contributed by atoms with Crippen LogP contribution in [-0.4, -0.2) is 52.2 Å². The summed E-state index contributed by atoms with van der Waals surface area (Å²) in [6.45, 7) is 5.59. The Bertz CT molecular complexity index is 1360. The molecule has 9 heteroatoms. The zero-order chi connectivity index (χ0) is 25.3. The molecule has 2 aliphatic rings. The molecule has 0 atom stereocenters. The first kappa shape index (κ1) is 24.4. The van der Waals surface area contributed by atoms with E-state index in [-0.39, 0.29) is 18.2 Å². The van der Waals surface area contributed by atoms with E-state index in [0.717, 1.165) is 54.5 Å². The Labute approximate surface area is 210 Å². The highest BCUT2D eigenvalue weighted by atomic mass is 32.3. The van der Waals surface area contributed by atoms with Crippen molar-refractivity contribution in [2.24, 2.45) is 0 Å². The molecule has 0 spiro atoms. The minimum Gasteiger partial charge on any atom is -0.448 e. The third kappa shape index (κ3) is 5.00. The fourth-order valence-corrected chi connectivity index (χ4v) is 5.58. The molecule has 1 saturated heterocycles. The van der Waals surface area contributed by atoms with Gasteiger partial charge in [-0.2, -0.15) is 8.42 Å². The van der Waals surface area contributed by atoms with E-state index in [2.05, 4.69) is 27.7 Å². The van der Waals surface area contributed by atoms with Crippen LogP contribution in [0.3, 0.4) is 0 Å². The van der Waals surface area contributed by atoms with Gasteiger partial charge in [-0.15, -0.1) is 3.89 Å². The van der Waals surface area contributed by atoms with Crippen molar-refractivity contribution in [1.29, 1.82) is 0 Å². The molecule has 188 valence electrons. The molecule has 1 aliphatic heterocycles. The number of ether oxygens (including phenoxy) is 1. The van der Waals surface area contributed by atoms with Crippen LogP contribution in [-0.2, 0) is 21.5 Å². The van der Waals surface area contributed by atoms with E-state index in [4.69, 9.17) is 4.74 Å². The van der Waals surface area contributed by atoms with Crippen LogP contribution < -0.4 is 10.6 Å². The van der Waals surface area contributed by atoms with E-state index in [9.17, 15) is 17.1 Å². The van der Waals surface area contributed by atoms with Gasteiger partial charge in [-0.25, -0.2) is 4.79 Å². The Morgan fingerprint density at radius 3 is 2.28 bits per heavy atom. The molecule has 0 saturated carbocycles. The third-order valence-corrected chi connectivity index (χ3v) is 7.75. The second kappa shape index (κ2) is 10.0. The summed E-state index contributed by atoms with van der Waals surface area (Å²) < 4.78 is 43.0. The van der Waals surface area contributed by atoms with Gasteiger partial charge in [0.1, 0.15) is 11.5 Å². The number of piperazine rings is 1. The molecule has 3 aromatic rings. The largest absolute Gasteiger partial charge is 0.448 e. The zero-order valence-electron chi connectivity index (χ0n) is 20.0. The number of anilines is 1. The molecule has 1 amide bonds. The van der Waals surface area contributed by atoms with E-state index in [1.54, 1.807) is 6.92 Å². The molecule has 5 rings (SSSR count). The summed E-state index contributed by atoms with van der Waals surface area (Å²) in [4.78, 5) is 14.5. The van der Waals surface area contributed by atoms with Crippen molar-refractivity contribution in [3.63, 3.8) is 0 Å². The molecular formula is C27H28FN3O4S. The zero-order valence-corrected chi connectivity index (χ0v) is 20.8. The van der Waals surface area contributed by atoms with Crippen LogP contribution in [0.5, 0.6) is 0 Å². The van der Waals surface area contributed by atoms with Gasteiger partial charge in [-0.1, -0.05) is 48.5 Å². The summed E-state index contributed by atoms with van der Waals surface area (Å²) in [7, 11) is -4.96. The van der Waals surface area contributed by atoms with Crippen LogP contribution in [0.25, 0.3) is 11.1 Å². The number of carbonyl (C=O) groups is 1. The first-order valence-electron chi connectivity index (χ1n) is 11.9. The fraction of sp³-hybridized carbons (Fsp3) is 0.296. The highest BCUT2D eigenvalue weighted by molar-refractivity contribution is 7.86. The van der Waals surface area contributed by atoms with Gasteiger partial charge in [0.2, 0.25) is 0 Å². The predicted octanol–water partition coefficient (Wildman–Crippen LogP) is 4.42. The van der Waals surface area contributed by atoms with Gasteiger partial charge in [0.25, 0.3) is 0 Å². The first-order valence-corrected chi connectivity index (χ1v) is 13.3. The molecule has 36 heavy (non-hydrogen) atoms. The van der Waals surface area contributed by atoms with E-state index in [1.165, 1.54) is 6.07 Å². The molecule has 0 radical (unpaired) electrons. The summed E-state index contributed by atoms with van der Waals surface area (Å²) in [5.41, 5.74) is 5.96. The predicted molar refractivity (Wildman–Crippen MR) is 136 cm³/mol. The molecule has 0 unspecified atom stereocenters. The summed E-state index contributed by atoms with van der Waals surface area (Å²) in [6.07, 6.45) is -0.721. The highest BCUT2D eigenvalue weighted by Gasteiger charge is 2.29. The molecule has 7 nitrogen and oxygen atoms in total.